The predicted molar refractivity (Wildman–Crippen MR) is 86.4 cm³/mol. The van der Waals surface area contributed by atoms with Crippen molar-refractivity contribution in [1.29, 1.82) is 0 Å². The highest BCUT2D eigenvalue weighted by Gasteiger charge is 2.10. The molecule has 0 aliphatic rings. The van der Waals surface area contributed by atoms with E-state index in [-0.39, 0.29) is 5.91 Å². The van der Waals surface area contributed by atoms with Crippen molar-refractivity contribution in [3.05, 3.63) is 36.0 Å². The average Bonchev–Trinajstić information content (AvgIpc) is 2.83. The number of hydrogen-bond acceptors (Lipinski definition) is 5. The van der Waals surface area contributed by atoms with Crippen molar-refractivity contribution < 1.29 is 4.79 Å². The van der Waals surface area contributed by atoms with Gasteiger partial charge in [-0.1, -0.05) is 43.4 Å². The molecule has 0 saturated carbocycles. The largest absolute Gasteiger partial charge is 0.375 e. The minimum absolute atomic E-state index is 0.0185. The number of nitrogens with two attached hydrogens (primary N) is 1. The number of thioether (sulfide) groups is 1. The Labute approximate surface area is 126 Å². The first kappa shape index (κ1) is 14.9. The zero-order valence-electron chi connectivity index (χ0n) is 11.4. The molecule has 2 rings (SSSR count). The van der Waals surface area contributed by atoms with Crippen LogP contribution in [0, 0.1) is 0 Å². The number of nitrogen functional groups attached to an aromatic ring is 1. The molecule has 3 N–H and O–H groups in total. The van der Waals surface area contributed by atoms with Gasteiger partial charge in [0.05, 0.1) is 16.2 Å². The van der Waals surface area contributed by atoms with Crippen LogP contribution in [-0.4, -0.2) is 16.6 Å². The van der Waals surface area contributed by atoms with Crippen molar-refractivity contribution >= 4 is 39.8 Å². The number of hydrogen-bond donors (Lipinski definition) is 2. The number of para-hydroxylation sites is 1. The van der Waals surface area contributed by atoms with E-state index < -0.39 is 0 Å². The van der Waals surface area contributed by atoms with Crippen molar-refractivity contribution in [3.63, 3.8) is 0 Å². The summed E-state index contributed by atoms with van der Waals surface area (Å²) in [6.45, 7) is 4.22. The molecule has 0 spiro atoms. The van der Waals surface area contributed by atoms with Gasteiger partial charge in [0.25, 0.3) is 0 Å². The number of nitrogens with zero attached hydrogens (tertiary/aromatic N) is 1. The molecule has 0 atom stereocenters. The Morgan fingerprint density at radius 3 is 2.85 bits per heavy atom. The highest BCUT2D eigenvalue weighted by atomic mass is 32.2. The van der Waals surface area contributed by atoms with Gasteiger partial charge < -0.3 is 11.1 Å². The number of carbonyl (C=O) groups is 1. The van der Waals surface area contributed by atoms with Gasteiger partial charge in [0.15, 0.2) is 5.13 Å². The number of benzene rings is 1. The molecule has 1 amide bonds. The van der Waals surface area contributed by atoms with E-state index in [9.17, 15) is 4.79 Å². The number of thiazole rings is 1. The van der Waals surface area contributed by atoms with Crippen LogP contribution in [0.1, 0.15) is 25.3 Å². The minimum Gasteiger partial charge on any atom is -0.375 e. The molecule has 1 aromatic heterocycles. The third-order valence-electron chi connectivity index (χ3n) is 2.70. The SMILES string of the molecule is CC(C)c1ccccc1NC(=O)CSc1cnc(N)s1. The van der Waals surface area contributed by atoms with Crippen molar-refractivity contribution in [2.75, 3.05) is 16.8 Å². The fourth-order valence-electron chi connectivity index (χ4n) is 1.78. The van der Waals surface area contributed by atoms with E-state index >= 15 is 0 Å². The second-order valence-electron chi connectivity index (χ2n) is 4.60. The van der Waals surface area contributed by atoms with Crippen LogP contribution < -0.4 is 11.1 Å². The zero-order valence-corrected chi connectivity index (χ0v) is 13.1. The number of amides is 1. The molecule has 20 heavy (non-hydrogen) atoms. The zero-order chi connectivity index (χ0) is 14.5. The summed E-state index contributed by atoms with van der Waals surface area (Å²) in [7, 11) is 0. The monoisotopic (exact) mass is 307 g/mol. The Morgan fingerprint density at radius 1 is 1.45 bits per heavy atom. The molecule has 0 bridgehead atoms. The number of aromatic nitrogens is 1. The standard InChI is InChI=1S/C14H17N3OS2/c1-9(2)10-5-3-4-6-11(10)17-12(18)8-19-13-7-16-14(15)20-13/h3-7,9H,8H2,1-2H3,(H2,15,16)(H,17,18). The fraction of sp³-hybridized carbons (Fsp3) is 0.286. The molecule has 0 unspecified atom stereocenters. The number of nitrogens with one attached hydrogen (secondary N) is 1. The molecular weight excluding hydrogens is 290 g/mol. The van der Waals surface area contributed by atoms with Crippen molar-refractivity contribution in [2.24, 2.45) is 0 Å². The molecule has 2 aromatic rings. The molecule has 0 aliphatic carbocycles. The summed E-state index contributed by atoms with van der Waals surface area (Å²) < 4.78 is 0.954. The second-order valence-corrected chi connectivity index (χ2v) is 6.93. The highest BCUT2D eigenvalue weighted by Crippen LogP contribution is 2.27. The number of carbonyl (C=O) groups excluding carboxylic acids is 1. The van der Waals surface area contributed by atoms with Gasteiger partial charge in [-0.15, -0.1) is 11.8 Å². The van der Waals surface area contributed by atoms with Gasteiger partial charge >= 0.3 is 0 Å². The van der Waals surface area contributed by atoms with Gasteiger partial charge in [-0.05, 0) is 17.5 Å². The second kappa shape index (κ2) is 6.76. The van der Waals surface area contributed by atoms with Gasteiger partial charge in [-0.25, -0.2) is 4.98 Å². The Kier molecular flexibility index (Phi) is 5.03. The molecule has 1 aromatic carbocycles. The highest BCUT2D eigenvalue weighted by molar-refractivity contribution is 8.01. The van der Waals surface area contributed by atoms with Crippen LogP contribution in [0.15, 0.2) is 34.7 Å². The van der Waals surface area contributed by atoms with E-state index in [0.29, 0.717) is 16.8 Å². The summed E-state index contributed by atoms with van der Waals surface area (Å²) in [6, 6.07) is 7.89. The molecule has 0 saturated heterocycles. The smallest absolute Gasteiger partial charge is 0.234 e. The van der Waals surface area contributed by atoms with Gasteiger partial charge in [0, 0.05) is 5.69 Å². The molecule has 0 aliphatic heterocycles. The quantitative estimate of drug-likeness (QED) is 0.829. The summed E-state index contributed by atoms with van der Waals surface area (Å²) in [6.07, 6.45) is 1.69. The van der Waals surface area contributed by atoms with E-state index in [1.54, 1.807) is 6.20 Å². The van der Waals surface area contributed by atoms with Gasteiger partial charge in [0.2, 0.25) is 5.91 Å². The van der Waals surface area contributed by atoms with Gasteiger partial charge in [-0.2, -0.15) is 0 Å². The minimum atomic E-state index is -0.0185. The maximum absolute atomic E-state index is 12.0. The molecular formula is C14H17N3OS2. The normalized spacial score (nSPS) is 10.8. The summed E-state index contributed by atoms with van der Waals surface area (Å²) in [5.74, 6) is 0.712. The predicted octanol–water partition coefficient (Wildman–Crippen LogP) is 3.58. The maximum atomic E-state index is 12.0. The Balaban J connectivity index is 1.94. The third-order valence-corrected chi connectivity index (χ3v) is 4.73. The summed E-state index contributed by atoms with van der Waals surface area (Å²) in [4.78, 5) is 15.9. The van der Waals surface area contributed by atoms with E-state index in [4.69, 9.17) is 5.73 Å². The van der Waals surface area contributed by atoms with Crippen LogP contribution in [0.3, 0.4) is 0 Å². The Bertz CT molecular complexity index is 596. The van der Waals surface area contributed by atoms with Gasteiger partial charge in [-0.3, -0.25) is 4.79 Å². The molecule has 0 fully saturated rings. The lowest BCUT2D eigenvalue weighted by molar-refractivity contribution is -0.113. The Hall–Kier alpha value is -1.53. The average molecular weight is 307 g/mol. The number of rotatable bonds is 5. The summed E-state index contributed by atoms with van der Waals surface area (Å²) in [5.41, 5.74) is 7.59. The van der Waals surface area contributed by atoms with Crippen LogP contribution >= 0.6 is 23.1 Å². The molecule has 106 valence electrons. The molecule has 0 radical (unpaired) electrons. The summed E-state index contributed by atoms with van der Waals surface area (Å²) in [5, 5.41) is 3.49. The van der Waals surface area contributed by atoms with E-state index in [1.165, 1.54) is 23.1 Å². The topological polar surface area (TPSA) is 68.0 Å². The van der Waals surface area contributed by atoms with Crippen molar-refractivity contribution in [1.82, 2.24) is 4.98 Å². The lowest BCUT2D eigenvalue weighted by atomic mass is 10.0. The van der Waals surface area contributed by atoms with Crippen LogP contribution in [0.2, 0.25) is 0 Å². The lowest BCUT2D eigenvalue weighted by Gasteiger charge is -2.13. The van der Waals surface area contributed by atoms with Gasteiger partial charge in [0.1, 0.15) is 0 Å². The van der Waals surface area contributed by atoms with Crippen LogP contribution in [-0.2, 0) is 4.79 Å². The molecule has 6 heteroatoms. The maximum Gasteiger partial charge on any atom is 0.234 e. The van der Waals surface area contributed by atoms with E-state index in [1.807, 2.05) is 24.3 Å². The van der Waals surface area contributed by atoms with Crippen LogP contribution in [0.4, 0.5) is 10.8 Å². The Morgan fingerprint density at radius 2 is 2.20 bits per heavy atom. The number of anilines is 2. The van der Waals surface area contributed by atoms with E-state index in [2.05, 4.69) is 24.1 Å². The van der Waals surface area contributed by atoms with E-state index in [0.717, 1.165) is 15.5 Å². The van der Waals surface area contributed by atoms with Crippen molar-refractivity contribution in [2.45, 2.75) is 24.0 Å². The van der Waals surface area contributed by atoms with Crippen LogP contribution in [0.25, 0.3) is 0 Å². The van der Waals surface area contributed by atoms with Crippen molar-refractivity contribution in [3.8, 4) is 0 Å². The fourth-order valence-corrected chi connectivity index (χ4v) is 3.33. The molecule has 1 heterocycles. The first-order valence-corrected chi connectivity index (χ1v) is 8.09. The third kappa shape index (κ3) is 3.98. The van der Waals surface area contributed by atoms with Crippen LogP contribution in [0.5, 0.6) is 0 Å². The first-order valence-electron chi connectivity index (χ1n) is 6.29. The first-order chi connectivity index (χ1) is 9.56. The molecule has 4 nitrogen and oxygen atoms in total. The lowest BCUT2D eigenvalue weighted by Crippen LogP contribution is -2.15. The summed E-state index contributed by atoms with van der Waals surface area (Å²) >= 11 is 2.84.